The van der Waals surface area contributed by atoms with E-state index in [0.717, 1.165) is 6.54 Å². The summed E-state index contributed by atoms with van der Waals surface area (Å²) in [6, 6.07) is 0. The zero-order chi connectivity index (χ0) is 3.41. The van der Waals surface area contributed by atoms with Crippen molar-refractivity contribution in [2.75, 3.05) is 13.6 Å². The van der Waals surface area contributed by atoms with Crippen LogP contribution in [0.4, 0.5) is 0 Å². The second-order valence-corrected chi connectivity index (χ2v) is 0.632. The molecule has 0 radical (unpaired) electrons. The molecule has 0 saturated heterocycles. The topological polar surface area (TPSA) is 14.1 Å². The van der Waals surface area contributed by atoms with Gasteiger partial charge >= 0.3 is 0 Å². The fourth-order valence-electron chi connectivity index (χ4n) is 0. The molecule has 0 aromatic carbocycles. The summed E-state index contributed by atoms with van der Waals surface area (Å²) in [6.45, 7) is 2.96. The van der Waals surface area contributed by atoms with Gasteiger partial charge in [-0.25, -0.2) is 0 Å². The van der Waals surface area contributed by atoms with Crippen LogP contribution in [-0.4, -0.2) is 13.6 Å². The smallest absolute Gasteiger partial charge is 0 e. The molecule has 0 N–H and O–H groups in total. The molecule has 0 fully saturated rings. The molecule has 0 rings (SSSR count). The molecule has 1 nitrogen and oxygen atoms in total. The van der Waals surface area contributed by atoms with Crippen LogP contribution in [0.15, 0.2) is 0 Å². The van der Waals surface area contributed by atoms with Crippen molar-refractivity contribution < 1.29 is 21.1 Å². The third-order valence-electron chi connectivity index (χ3n) is 0.316. The fourth-order valence-corrected chi connectivity index (χ4v) is 0. The van der Waals surface area contributed by atoms with E-state index in [9.17, 15) is 0 Å². The van der Waals surface area contributed by atoms with Gasteiger partial charge in [0.15, 0.2) is 0 Å². The van der Waals surface area contributed by atoms with E-state index in [1.165, 1.54) is 0 Å². The second kappa shape index (κ2) is 8.82. The van der Waals surface area contributed by atoms with Crippen molar-refractivity contribution in [1.29, 1.82) is 0 Å². The van der Waals surface area contributed by atoms with Crippen LogP contribution in [0.1, 0.15) is 6.92 Å². The van der Waals surface area contributed by atoms with Gasteiger partial charge in [0.1, 0.15) is 0 Å². The average molecular weight is 242 g/mol. The van der Waals surface area contributed by atoms with Crippen LogP contribution in [0.2, 0.25) is 0 Å². The minimum absolute atomic E-state index is 0. The second-order valence-electron chi connectivity index (χ2n) is 0.632. The van der Waals surface area contributed by atoms with E-state index in [1.54, 1.807) is 7.05 Å². The summed E-state index contributed by atoms with van der Waals surface area (Å²) in [5.41, 5.74) is 0. The van der Waals surface area contributed by atoms with E-state index >= 15 is 0 Å². The molecule has 32 valence electrons. The molecule has 0 saturated carbocycles. The first-order valence-electron chi connectivity index (χ1n) is 1.47. The van der Waals surface area contributed by atoms with Gasteiger partial charge in [-0.1, -0.05) is 6.92 Å². The summed E-state index contributed by atoms with van der Waals surface area (Å²) < 4.78 is 0. The van der Waals surface area contributed by atoms with E-state index < -0.39 is 0 Å². The molecular weight excluding hydrogens is 234 g/mol. The quantitative estimate of drug-likeness (QED) is 0.651. The van der Waals surface area contributed by atoms with E-state index in [2.05, 4.69) is 5.32 Å². The Morgan fingerprint density at radius 3 is 1.80 bits per heavy atom. The molecule has 0 aromatic rings. The number of rotatable bonds is 1. The van der Waals surface area contributed by atoms with Gasteiger partial charge in [0.2, 0.25) is 0 Å². The van der Waals surface area contributed by atoms with Gasteiger partial charge in [-0.3, -0.25) is 0 Å². The molecule has 0 bridgehead atoms. The summed E-state index contributed by atoms with van der Waals surface area (Å²) >= 11 is 0. The predicted octanol–water partition coefficient (Wildman–Crippen LogP) is 1.01. The monoisotopic (exact) mass is 242 g/mol. The molecule has 0 unspecified atom stereocenters. The van der Waals surface area contributed by atoms with Crippen molar-refractivity contribution in [3.8, 4) is 0 Å². The maximum Gasteiger partial charge on any atom is 0 e. The summed E-state index contributed by atoms with van der Waals surface area (Å²) in [5, 5.41) is 3.74. The van der Waals surface area contributed by atoms with Gasteiger partial charge in [-0.2, -0.15) is 13.6 Å². The van der Waals surface area contributed by atoms with Crippen LogP contribution in [0.25, 0.3) is 5.32 Å². The minimum atomic E-state index is 0. The van der Waals surface area contributed by atoms with Crippen molar-refractivity contribution in [3.05, 3.63) is 5.32 Å². The Bertz CT molecular complexity index is 8.85. The Labute approximate surface area is 47.4 Å². The first kappa shape index (κ1) is 9.17. The normalized spacial score (nSPS) is 6.00. The van der Waals surface area contributed by atoms with E-state index in [4.69, 9.17) is 0 Å². The summed E-state index contributed by atoms with van der Waals surface area (Å²) in [5.74, 6) is 0. The average Bonchev–Trinajstić information content (AvgIpc) is 1.37. The zero-order valence-corrected chi connectivity index (χ0v) is 6.50. The first-order valence-corrected chi connectivity index (χ1v) is 1.47. The van der Waals surface area contributed by atoms with Gasteiger partial charge in [0, 0.05) is 21.1 Å². The molecule has 0 amide bonds. The third kappa shape index (κ3) is 12.0. The van der Waals surface area contributed by atoms with Crippen LogP contribution in [0.5, 0.6) is 0 Å². The molecule has 2 heteroatoms. The summed E-state index contributed by atoms with van der Waals surface area (Å²) in [4.78, 5) is 0. The molecule has 0 atom stereocenters. The van der Waals surface area contributed by atoms with Crippen molar-refractivity contribution in [1.82, 2.24) is 0 Å². The van der Waals surface area contributed by atoms with Crippen molar-refractivity contribution in [3.63, 3.8) is 0 Å². The van der Waals surface area contributed by atoms with Gasteiger partial charge in [0.05, 0.1) is 0 Å². The molecule has 0 aliphatic rings. The van der Waals surface area contributed by atoms with Crippen LogP contribution in [-0.2, 0) is 21.1 Å². The SMILES string of the molecule is CC[N-]C.[W]. The van der Waals surface area contributed by atoms with E-state index in [0.29, 0.717) is 0 Å². The summed E-state index contributed by atoms with van der Waals surface area (Å²) in [6.07, 6.45) is 0. The number of nitrogens with zero attached hydrogens (tertiary/aromatic N) is 1. The maximum absolute atomic E-state index is 3.74. The van der Waals surface area contributed by atoms with Crippen LogP contribution in [0, 0.1) is 0 Å². The number of hydrogen-bond acceptors (Lipinski definition) is 0. The van der Waals surface area contributed by atoms with Crippen LogP contribution in [0.3, 0.4) is 0 Å². The molecule has 0 heterocycles. The minimum Gasteiger partial charge on any atom is -0.665 e. The number of hydrogen-bond donors (Lipinski definition) is 0. The standard InChI is InChI=1S/C3H8N.W/c1-3-4-2;/h3H2,1-2H3;/q-1;. The van der Waals surface area contributed by atoms with Gasteiger partial charge in [-0.15, -0.1) is 0 Å². The molecule has 0 aliphatic carbocycles. The Morgan fingerprint density at radius 1 is 1.60 bits per heavy atom. The molecular formula is C3H8NW-. The molecule has 0 spiro atoms. The summed E-state index contributed by atoms with van der Waals surface area (Å²) in [7, 11) is 1.81. The van der Waals surface area contributed by atoms with Crippen LogP contribution < -0.4 is 0 Å². The van der Waals surface area contributed by atoms with Gasteiger partial charge in [-0.05, 0) is 0 Å². The van der Waals surface area contributed by atoms with E-state index in [-0.39, 0.29) is 21.1 Å². The Balaban J connectivity index is 0. The molecule has 0 aliphatic heterocycles. The molecule has 5 heavy (non-hydrogen) atoms. The van der Waals surface area contributed by atoms with Crippen LogP contribution >= 0.6 is 0 Å². The molecule has 0 aromatic heterocycles. The largest absolute Gasteiger partial charge is 0.665 e. The Kier molecular flexibility index (Phi) is 16.2. The van der Waals surface area contributed by atoms with Gasteiger partial charge in [0.25, 0.3) is 0 Å². The predicted molar refractivity (Wildman–Crippen MR) is 19.8 cm³/mol. The first-order chi connectivity index (χ1) is 1.91. The maximum atomic E-state index is 3.74. The zero-order valence-electron chi connectivity index (χ0n) is 3.56. The Morgan fingerprint density at radius 2 is 1.80 bits per heavy atom. The van der Waals surface area contributed by atoms with Gasteiger partial charge < -0.3 is 5.32 Å². The van der Waals surface area contributed by atoms with Crippen molar-refractivity contribution in [2.24, 2.45) is 0 Å². The Hall–Kier alpha value is 0.648. The third-order valence-corrected chi connectivity index (χ3v) is 0.316. The van der Waals surface area contributed by atoms with E-state index in [1.807, 2.05) is 6.92 Å². The fraction of sp³-hybridized carbons (Fsp3) is 1.00. The van der Waals surface area contributed by atoms with Crippen molar-refractivity contribution in [2.45, 2.75) is 6.92 Å². The van der Waals surface area contributed by atoms with Crippen molar-refractivity contribution >= 4 is 0 Å².